The third kappa shape index (κ3) is 7.92. The smallest absolute Gasteiger partial charge is 0.115 e. The van der Waals surface area contributed by atoms with Crippen LogP contribution in [0.4, 0.5) is 0 Å². The lowest BCUT2D eigenvalue weighted by atomic mass is 9.94. The van der Waals surface area contributed by atoms with Gasteiger partial charge in [0, 0.05) is 0 Å². The first-order chi connectivity index (χ1) is 9.08. The Labute approximate surface area is 119 Å². The minimum atomic E-state index is 0.364. The van der Waals surface area contributed by atoms with E-state index in [0.29, 0.717) is 5.75 Å². The Kier molecular flexibility index (Phi) is 7.62. The van der Waals surface area contributed by atoms with Crippen LogP contribution >= 0.6 is 0 Å². The van der Waals surface area contributed by atoms with Crippen LogP contribution in [0.1, 0.15) is 64.9 Å². The van der Waals surface area contributed by atoms with Gasteiger partial charge in [-0.2, -0.15) is 0 Å². The highest BCUT2D eigenvalue weighted by atomic mass is 16.3. The summed E-state index contributed by atoms with van der Waals surface area (Å²) < 4.78 is 0. The number of hydrogen-bond acceptors (Lipinski definition) is 1. The molecule has 0 fully saturated rings. The lowest BCUT2D eigenvalue weighted by Crippen LogP contribution is -1.98. The summed E-state index contributed by atoms with van der Waals surface area (Å²) in [5.74, 6) is 2.09. The van der Waals surface area contributed by atoms with Crippen molar-refractivity contribution >= 4 is 0 Å². The Morgan fingerprint density at radius 1 is 0.842 bits per heavy atom. The van der Waals surface area contributed by atoms with Crippen molar-refractivity contribution in [2.75, 3.05) is 0 Å². The maximum atomic E-state index is 9.22. The van der Waals surface area contributed by atoms with Crippen LogP contribution in [-0.4, -0.2) is 5.11 Å². The molecule has 0 aliphatic carbocycles. The molecule has 1 atom stereocenters. The largest absolute Gasteiger partial charge is 0.508 e. The van der Waals surface area contributed by atoms with Crippen molar-refractivity contribution in [3.63, 3.8) is 0 Å². The van der Waals surface area contributed by atoms with Crippen LogP contribution in [-0.2, 0) is 6.42 Å². The van der Waals surface area contributed by atoms with Gasteiger partial charge in [-0.1, -0.05) is 65.0 Å². The summed E-state index contributed by atoms with van der Waals surface area (Å²) in [6.45, 7) is 7.01. The number of phenols is 1. The lowest BCUT2D eigenvalue weighted by molar-refractivity contribution is 0.412. The van der Waals surface area contributed by atoms with Crippen LogP contribution in [0.2, 0.25) is 0 Å². The third-order valence-electron chi connectivity index (χ3n) is 3.84. The van der Waals surface area contributed by atoms with Crippen molar-refractivity contribution < 1.29 is 5.11 Å². The van der Waals surface area contributed by atoms with Crippen LogP contribution in [0, 0.1) is 11.8 Å². The van der Waals surface area contributed by atoms with Crippen molar-refractivity contribution in [1.29, 1.82) is 0 Å². The summed E-state index contributed by atoms with van der Waals surface area (Å²) in [6.07, 6.45) is 9.22. The standard InChI is InChI=1S/C18H30O/c1-15(2)9-10-16(3)7-5-4-6-8-17-11-13-18(19)14-12-17/h11-16,19H,4-10H2,1-3H3. The Balaban J connectivity index is 2.03. The molecule has 0 heterocycles. The van der Waals surface area contributed by atoms with E-state index in [1.54, 1.807) is 12.1 Å². The molecular formula is C18H30O. The molecule has 108 valence electrons. The molecule has 1 rings (SSSR count). The van der Waals surface area contributed by atoms with Crippen molar-refractivity contribution in [3.05, 3.63) is 29.8 Å². The highest BCUT2D eigenvalue weighted by Crippen LogP contribution is 2.19. The average Bonchev–Trinajstić information content (AvgIpc) is 2.38. The summed E-state index contributed by atoms with van der Waals surface area (Å²) in [5.41, 5.74) is 1.34. The van der Waals surface area contributed by atoms with E-state index in [2.05, 4.69) is 20.8 Å². The predicted molar refractivity (Wildman–Crippen MR) is 83.5 cm³/mol. The summed E-state index contributed by atoms with van der Waals surface area (Å²) in [5, 5.41) is 9.22. The Morgan fingerprint density at radius 2 is 1.53 bits per heavy atom. The first kappa shape index (κ1) is 16.1. The van der Waals surface area contributed by atoms with Gasteiger partial charge in [0.25, 0.3) is 0 Å². The lowest BCUT2D eigenvalue weighted by Gasteiger charge is -2.12. The molecule has 0 radical (unpaired) electrons. The molecule has 0 bridgehead atoms. The highest BCUT2D eigenvalue weighted by molar-refractivity contribution is 5.25. The molecule has 0 spiro atoms. The van der Waals surface area contributed by atoms with Gasteiger partial charge in [0.1, 0.15) is 5.75 Å². The first-order valence-corrected chi connectivity index (χ1v) is 7.86. The zero-order valence-electron chi connectivity index (χ0n) is 12.9. The topological polar surface area (TPSA) is 20.2 Å². The van der Waals surface area contributed by atoms with E-state index < -0.39 is 0 Å². The van der Waals surface area contributed by atoms with Crippen LogP contribution in [0.3, 0.4) is 0 Å². The van der Waals surface area contributed by atoms with Crippen LogP contribution in [0.5, 0.6) is 5.75 Å². The quantitative estimate of drug-likeness (QED) is 0.577. The van der Waals surface area contributed by atoms with E-state index in [1.165, 1.54) is 44.1 Å². The van der Waals surface area contributed by atoms with E-state index in [-0.39, 0.29) is 0 Å². The van der Waals surface area contributed by atoms with Crippen molar-refractivity contribution in [2.45, 2.75) is 65.7 Å². The second kappa shape index (κ2) is 9.01. The van der Waals surface area contributed by atoms with Gasteiger partial charge in [0.05, 0.1) is 0 Å². The number of aromatic hydroxyl groups is 1. The number of rotatable bonds is 9. The predicted octanol–water partition coefficient (Wildman–Crippen LogP) is 5.57. The van der Waals surface area contributed by atoms with E-state index in [0.717, 1.165) is 18.3 Å². The fourth-order valence-corrected chi connectivity index (χ4v) is 2.42. The molecule has 1 aromatic carbocycles. The van der Waals surface area contributed by atoms with Crippen molar-refractivity contribution in [1.82, 2.24) is 0 Å². The third-order valence-corrected chi connectivity index (χ3v) is 3.84. The molecule has 0 aliphatic heterocycles. The molecule has 1 N–H and O–H groups in total. The monoisotopic (exact) mass is 262 g/mol. The fraction of sp³-hybridized carbons (Fsp3) is 0.667. The average molecular weight is 262 g/mol. The molecule has 19 heavy (non-hydrogen) atoms. The number of hydrogen-bond donors (Lipinski definition) is 1. The van der Waals surface area contributed by atoms with Gasteiger partial charge in [-0.15, -0.1) is 0 Å². The minimum absolute atomic E-state index is 0.364. The molecule has 1 unspecified atom stereocenters. The number of phenolic OH excluding ortho intramolecular Hbond substituents is 1. The molecule has 1 nitrogen and oxygen atoms in total. The molecule has 0 amide bonds. The Hall–Kier alpha value is -0.980. The van der Waals surface area contributed by atoms with Gasteiger partial charge in [-0.05, 0) is 42.4 Å². The SMILES string of the molecule is CC(C)CCC(C)CCCCCc1ccc(O)cc1. The van der Waals surface area contributed by atoms with Gasteiger partial charge >= 0.3 is 0 Å². The van der Waals surface area contributed by atoms with Crippen molar-refractivity contribution in [3.8, 4) is 5.75 Å². The zero-order chi connectivity index (χ0) is 14.1. The maximum absolute atomic E-state index is 9.22. The van der Waals surface area contributed by atoms with Gasteiger partial charge in [0.15, 0.2) is 0 Å². The normalized spacial score (nSPS) is 12.8. The van der Waals surface area contributed by atoms with E-state index in [9.17, 15) is 5.11 Å². The number of unbranched alkanes of at least 4 members (excludes halogenated alkanes) is 2. The van der Waals surface area contributed by atoms with E-state index >= 15 is 0 Å². The molecule has 0 aromatic heterocycles. The number of benzene rings is 1. The van der Waals surface area contributed by atoms with Crippen LogP contribution in [0.25, 0.3) is 0 Å². The summed E-state index contributed by atoms with van der Waals surface area (Å²) in [6, 6.07) is 7.62. The fourth-order valence-electron chi connectivity index (χ4n) is 2.42. The van der Waals surface area contributed by atoms with Crippen LogP contribution < -0.4 is 0 Å². The van der Waals surface area contributed by atoms with Gasteiger partial charge in [-0.3, -0.25) is 0 Å². The van der Waals surface area contributed by atoms with Crippen molar-refractivity contribution in [2.24, 2.45) is 11.8 Å². The van der Waals surface area contributed by atoms with E-state index in [1.807, 2.05) is 12.1 Å². The summed E-state index contributed by atoms with van der Waals surface area (Å²) in [7, 11) is 0. The molecule has 0 aliphatic rings. The molecule has 1 heteroatoms. The second-order valence-corrected chi connectivity index (χ2v) is 6.34. The van der Waals surface area contributed by atoms with Gasteiger partial charge in [0.2, 0.25) is 0 Å². The maximum Gasteiger partial charge on any atom is 0.115 e. The summed E-state index contributed by atoms with van der Waals surface area (Å²) >= 11 is 0. The summed E-state index contributed by atoms with van der Waals surface area (Å²) in [4.78, 5) is 0. The Bertz CT molecular complexity index is 326. The van der Waals surface area contributed by atoms with Gasteiger partial charge < -0.3 is 5.11 Å². The minimum Gasteiger partial charge on any atom is -0.508 e. The van der Waals surface area contributed by atoms with Crippen LogP contribution in [0.15, 0.2) is 24.3 Å². The molecule has 0 saturated heterocycles. The first-order valence-electron chi connectivity index (χ1n) is 7.86. The number of aryl methyl sites for hydroxylation is 1. The Morgan fingerprint density at radius 3 is 2.16 bits per heavy atom. The molecule has 0 saturated carbocycles. The molecular weight excluding hydrogens is 232 g/mol. The molecule has 1 aromatic rings. The second-order valence-electron chi connectivity index (χ2n) is 6.34. The van der Waals surface area contributed by atoms with Gasteiger partial charge in [-0.25, -0.2) is 0 Å². The van der Waals surface area contributed by atoms with E-state index in [4.69, 9.17) is 0 Å². The highest BCUT2D eigenvalue weighted by Gasteiger charge is 2.03. The zero-order valence-corrected chi connectivity index (χ0v) is 12.9.